The highest BCUT2D eigenvalue weighted by Crippen LogP contribution is 2.60. The van der Waals surface area contributed by atoms with Gasteiger partial charge in [0.25, 0.3) is 5.56 Å². The first kappa shape index (κ1) is 18.8. The van der Waals surface area contributed by atoms with Crippen molar-refractivity contribution in [2.75, 3.05) is 0 Å². The number of hydrogen-bond donors (Lipinski definition) is 0. The highest BCUT2D eigenvalue weighted by atomic mass is 32.2. The van der Waals surface area contributed by atoms with Crippen molar-refractivity contribution >= 4 is 44.8 Å². The van der Waals surface area contributed by atoms with Crippen LogP contribution in [-0.2, 0) is 5.41 Å². The van der Waals surface area contributed by atoms with Crippen LogP contribution in [0.5, 0.6) is 0 Å². The summed E-state index contributed by atoms with van der Waals surface area (Å²) in [6.45, 7) is 0. The molecule has 0 aliphatic carbocycles. The topological polar surface area (TPSA) is 22.0 Å². The maximum atomic E-state index is 13.9. The molecule has 0 saturated carbocycles. The lowest BCUT2D eigenvalue weighted by atomic mass is 9.66. The number of aromatic nitrogens is 1. The van der Waals surface area contributed by atoms with Crippen molar-refractivity contribution in [2.24, 2.45) is 0 Å². The van der Waals surface area contributed by atoms with Gasteiger partial charge < -0.3 is 0 Å². The molecule has 6 aromatic rings. The molecule has 4 heterocycles. The summed E-state index contributed by atoms with van der Waals surface area (Å²) in [7, 11) is 0. The molecule has 8 rings (SSSR count). The summed E-state index contributed by atoms with van der Waals surface area (Å²) >= 11 is 3.62. The summed E-state index contributed by atoms with van der Waals surface area (Å²) < 4.78 is 1.97. The molecule has 2 aliphatic heterocycles. The molecule has 0 N–H and O–H groups in total. The van der Waals surface area contributed by atoms with Gasteiger partial charge in [-0.05, 0) is 46.3 Å². The maximum Gasteiger partial charge on any atom is 0.263 e. The molecule has 0 bridgehead atoms. The molecule has 2 nitrogen and oxygen atoms in total. The fraction of sp³-hybridized carbons (Fsp3) is 0.0333. The molecule has 4 aromatic carbocycles. The zero-order valence-electron chi connectivity index (χ0n) is 18.0. The summed E-state index contributed by atoms with van der Waals surface area (Å²) in [5, 5.41) is 5.20. The van der Waals surface area contributed by atoms with E-state index in [1.807, 2.05) is 40.6 Å². The molecule has 0 amide bonds. The molecule has 0 saturated heterocycles. The van der Waals surface area contributed by atoms with E-state index in [4.69, 9.17) is 0 Å². The van der Waals surface area contributed by atoms with Crippen molar-refractivity contribution in [2.45, 2.75) is 15.2 Å². The van der Waals surface area contributed by atoms with Gasteiger partial charge in [0.2, 0.25) is 0 Å². The minimum Gasteiger partial charge on any atom is -0.275 e. The lowest BCUT2D eigenvalue weighted by Crippen LogP contribution is -2.39. The zero-order chi connectivity index (χ0) is 22.4. The van der Waals surface area contributed by atoms with Crippen LogP contribution in [0.15, 0.2) is 117 Å². The second kappa shape index (κ2) is 6.50. The Hall–Kier alpha value is -3.60. The molecule has 0 fully saturated rings. The first-order valence-electron chi connectivity index (χ1n) is 11.3. The Morgan fingerprint density at radius 1 is 0.618 bits per heavy atom. The Balaban J connectivity index is 1.69. The Labute approximate surface area is 204 Å². The van der Waals surface area contributed by atoms with Crippen molar-refractivity contribution in [3.05, 3.63) is 134 Å². The molecule has 0 unspecified atom stereocenters. The summed E-state index contributed by atoms with van der Waals surface area (Å²) in [6.07, 6.45) is 0. The normalized spacial score (nSPS) is 14.7. The van der Waals surface area contributed by atoms with Gasteiger partial charge in [0, 0.05) is 30.8 Å². The molecule has 2 aliphatic rings. The molecule has 4 heteroatoms. The summed E-state index contributed by atoms with van der Waals surface area (Å²) in [5.74, 6) is 0. The molecule has 34 heavy (non-hydrogen) atoms. The molecule has 0 radical (unpaired) electrons. The number of benzene rings is 4. The number of nitrogens with zero attached hydrogens (tertiary/aromatic N) is 1. The number of pyridine rings is 1. The van der Waals surface area contributed by atoms with E-state index in [1.54, 1.807) is 11.3 Å². The number of fused-ring (bicyclic) bond motifs is 10. The summed E-state index contributed by atoms with van der Waals surface area (Å²) in [4.78, 5) is 17.7. The number of thiophene rings is 1. The van der Waals surface area contributed by atoms with E-state index in [2.05, 4.69) is 78.2 Å². The number of para-hydroxylation sites is 1. The third-order valence-corrected chi connectivity index (χ3v) is 9.57. The van der Waals surface area contributed by atoms with Crippen molar-refractivity contribution < 1.29 is 0 Å². The predicted octanol–water partition coefficient (Wildman–Crippen LogP) is 7.37. The molecular formula is C30H17NOS2. The molecule has 0 atom stereocenters. The molecule has 1 spiro atoms. The van der Waals surface area contributed by atoms with E-state index in [9.17, 15) is 4.79 Å². The van der Waals surface area contributed by atoms with Crippen LogP contribution in [0.3, 0.4) is 0 Å². The SMILES string of the molecule is O=c1c2ccccc2c2csc3c2n1-c1ccccc1C31c2ccccc2Sc2ccccc21. The predicted molar refractivity (Wildman–Crippen MR) is 141 cm³/mol. The summed E-state index contributed by atoms with van der Waals surface area (Å²) in [6, 6.07) is 34.0. The first-order valence-corrected chi connectivity index (χ1v) is 13.0. The van der Waals surface area contributed by atoms with Gasteiger partial charge in [0.1, 0.15) is 0 Å². The van der Waals surface area contributed by atoms with Crippen molar-refractivity contribution in [3.8, 4) is 5.69 Å². The monoisotopic (exact) mass is 471 g/mol. The lowest BCUT2D eigenvalue weighted by Gasteiger charge is -2.44. The van der Waals surface area contributed by atoms with Crippen molar-refractivity contribution in [1.82, 2.24) is 4.57 Å². The quantitative estimate of drug-likeness (QED) is 0.230. The van der Waals surface area contributed by atoms with Crippen LogP contribution in [0.25, 0.3) is 27.4 Å². The summed E-state index contributed by atoms with van der Waals surface area (Å²) in [5.41, 5.74) is 5.37. The second-order valence-electron chi connectivity index (χ2n) is 8.87. The van der Waals surface area contributed by atoms with Gasteiger partial charge in [-0.2, -0.15) is 0 Å². The Morgan fingerprint density at radius 2 is 1.21 bits per heavy atom. The maximum absolute atomic E-state index is 13.9. The van der Waals surface area contributed by atoms with Gasteiger partial charge in [0.15, 0.2) is 0 Å². The molecule has 160 valence electrons. The molecular weight excluding hydrogens is 454 g/mol. The Morgan fingerprint density at radius 3 is 1.94 bits per heavy atom. The van der Waals surface area contributed by atoms with Gasteiger partial charge in [-0.15, -0.1) is 11.3 Å². The van der Waals surface area contributed by atoms with Crippen LogP contribution in [0.2, 0.25) is 0 Å². The fourth-order valence-electron chi connectivity index (χ4n) is 6.02. The van der Waals surface area contributed by atoms with E-state index in [-0.39, 0.29) is 5.56 Å². The smallest absolute Gasteiger partial charge is 0.263 e. The van der Waals surface area contributed by atoms with Crippen LogP contribution in [0, 0.1) is 0 Å². The largest absolute Gasteiger partial charge is 0.275 e. The van der Waals surface area contributed by atoms with Gasteiger partial charge in [-0.1, -0.05) is 84.6 Å². The van der Waals surface area contributed by atoms with Gasteiger partial charge in [-0.25, -0.2) is 0 Å². The van der Waals surface area contributed by atoms with Crippen molar-refractivity contribution in [1.29, 1.82) is 0 Å². The molecule has 2 aromatic heterocycles. The Bertz CT molecular complexity index is 1830. The average Bonchev–Trinajstić information content (AvgIpc) is 3.34. The highest BCUT2D eigenvalue weighted by Gasteiger charge is 2.50. The lowest BCUT2D eigenvalue weighted by molar-refractivity contribution is 0.698. The standard InChI is InChI=1S/C30H17NOS2/c32-29-19-10-2-1-9-18(19)20-17-33-28-27(20)31(29)24-14-6-3-11-21(24)30(28)22-12-4-7-15-25(22)34-26-16-8-5-13-23(26)30/h1-17H. The highest BCUT2D eigenvalue weighted by molar-refractivity contribution is 7.99. The van der Waals surface area contributed by atoms with Crippen LogP contribution in [-0.4, -0.2) is 4.57 Å². The average molecular weight is 472 g/mol. The zero-order valence-corrected chi connectivity index (χ0v) is 19.6. The minimum absolute atomic E-state index is 0.0526. The van der Waals surface area contributed by atoms with E-state index < -0.39 is 5.41 Å². The van der Waals surface area contributed by atoms with Crippen LogP contribution < -0.4 is 5.56 Å². The van der Waals surface area contributed by atoms with E-state index in [0.29, 0.717) is 0 Å². The number of hydrogen-bond acceptors (Lipinski definition) is 3. The minimum atomic E-state index is -0.462. The van der Waals surface area contributed by atoms with E-state index in [1.165, 1.54) is 31.4 Å². The second-order valence-corrected chi connectivity index (χ2v) is 10.8. The van der Waals surface area contributed by atoms with Gasteiger partial charge in [0.05, 0.1) is 16.6 Å². The van der Waals surface area contributed by atoms with E-state index in [0.717, 1.165) is 27.4 Å². The van der Waals surface area contributed by atoms with Gasteiger partial charge in [-0.3, -0.25) is 9.36 Å². The third-order valence-electron chi connectivity index (χ3n) is 7.33. The Kier molecular flexibility index (Phi) is 3.59. The first-order chi connectivity index (χ1) is 16.8. The van der Waals surface area contributed by atoms with E-state index >= 15 is 0 Å². The van der Waals surface area contributed by atoms with Crippen LogP contribution in [0.4, 0.5) is 0 Å². The fourth-order valence-corrected chi connectivity index (χ4v) is 8.51. The number of rotatable bonds is 0. The van der Waals surface area contributed by atoms with Crippen molar-refractivity contribution in [3.63, 3.8) is 0 Å². The van der Waals surface area contributed by atoms with Crippen LogP contribution >= 0.6 is 23.1 Å². The third kappa shape index (κ3) is 2.07. The van der Waals surface area contributed by atoms with Gasteiger partial charge >= 0.3 is 0 Å². The van der Waals surface area contributed by atoms with Crippen LogP contribution in [0.1, 0.15) is 21.6 Å².